The summed E-state index contributed by atoms with van der Waals surface area (Å²) in [6, 6.07) is 11.7. The summed E-state index contributed by atoms with van der Waals surface area (Å²) in [7, 11) is 0. The molecule has 1 atom stereocenters. The molecule has 0 saturated carbocycles. The van der Waals surface area contributed by atoms with Gasteiger partial charge < -0.3 is 10.1 Å². The summed E-state index contributed by atoms with van der Waals surface area (Å²) in [5.41, 5.74) is 3.66. The number of rotatable bonds is 4. The van der Waals surface area contributed by atoms with Crippen molar-refractivity contribution in [1.82, 2.24) is 25.2 Å². The van der Waals surface area contributed by atoms with Crippen LogP contribution in [0.5, 0.6) is 5.88 Å². The Balaban J connectivity index is 1.72. The van der Waals surface area contributed by atoms with Crippen LogP contribution in [0.25, 0.3) is 11.1 Å². The van der Waals surface area contributed by atoms with Crippen molar-refractivity contribution < 1.29 is 9.53 Å². The van der Waals surface area contributed by atoms with E-state index in [0.29, 0.717) is 31.1 Å². The Kier molecular flexibility index (Phi) is 5.95. The molecule has 2 aromatic heterocycles. The molecule has 0 bridgehead atoms. The van der Waals surface area contributed by atoms with Crippen LogP contribution in [-0.2, 0) is 11.3 Å². The van der Waals surface area contributed by atoms with Crippen molar-refractivity contribution in [2.75, 3.05) is 13.2 Å². The molecule has 160 valence electrons. The van der Waals surface area contributed by atoms with Crippen molar-refractivity contribution in [3.63, 3.8) is 0 Å². The predicted molar refractivity (Wildman–Crippen MR) is 118 cm³/mol. The third-order valence-electron chi connectivity index (χ3n) is 5.11. The van der Waals surface area contributed by atoms with Crippen LogP contribution in [0.2, 0.25) is 0 Å². The van der Waals surface area contributed by atoms with Crippen LogP contribution in [0.4, 0.5) is 0 Å². The van der Waals surface area contributed by atoms with Gasteiger partial charge in [-0.15, -0.1) is 0 Å². The minimum atomic E-state index is -0.552. The lowest BCUT2D eigenvalue weighted by Gasteiger charge is -2.32. The third-order valence-corrected chi connectivity index (χ3v) is 5.11. The van der Waals surface area contributed by atoms with Crippen LogP contribution in [0, 0.1) is 0 Å². The fourth-order valence-electron chi connectivity index (χ4n) is 3.83. The second-order valence-corrected chi connectivity index (χ2v) is 8.64. The molecule has 7 heteroatoms. The number of aromatic nitrogens is 3. The lowest BCUT2D eigenvalue weighted by atomic mass is 9.98. The molecule has 0 spiro atoms. The van der Waals surface area contributed by atoms with Crippen LogP contribution in [0.3, 0.4) is 0 Å². The van der Waals surface area contributed by atoms with Crippen molar-refractivity contribution in [1.29, 1.82) is 0 Å². The monoisotopic (exact) mass is 417 g/mol. The Morgan fingerprint density at radius 3 is 2.71 bits per heavy atom. The van der Waals surface area contributed by atoms with E-state index in [9.17, 15) is 4.79 Å². The smallest absolute Gasteiger partial charge is 0.242 e. The topological polar surface area (TPSA) is 80.2 Å². The van der Waals surface area contributed by atoms with Crippen LogP contribution in [-0.4, -0.2) is 44.4 Å². The first-order valence-electron chi connectivity index (χ1n) is 10.4. The first kappa shape index (κ1) is 20.9. The van der Waals surface area contributed by atoms with Crippen LogP contribution >= 0.6 is 0 Å². The van der Waals surface area contributed by atoms with Crippen molar-refractivity contribution in [3.05, 3.63) is 72.4 Å². The van der Waals surface area contributed by atoms with Gasteiger partial charge in [0.15, 0.2) is 0 Å². The highest BCUT2D eigenvalue weighted by molar-refractivity contribution is 5.84. The maximum absolute atomic E-state index is 13.4. The van der Waals surface area contributed by atoms with Gasteiger partial charge in [-0.05, 0) is 49.6 Å². The standard InChI is InChI=1S/C24H27N5O2/c1-24(2,3)28-22(30)21-20-14-26-16-27-23(20)31-13-12-29(21)15-18-6-4-5-7-19(18)17-8-10-25-11-9-17/h4-11,14,16,21H,12-13,15H2,1-3H3,(H,28,30). The number of benzene rings is 1. The molecule has 31 heavy (non-hydrogen) atoms. The molecule has 0 saturated heterocycles. The molecule has 1 N–H and O–H groups in total. The first-order chi connectivity index (χ1) is 14.9. The highest BCUT2D eigenvalue weighted by Crippen LogP contribution is 2.33. The fourth-order valence-corrected chi connectivity index (χ4v) is 3.83. The van der Waals surface area contributed by atoms with Gasteiger partial charge in [0.05, 0.1) is 5.56 Å². The van der Waals surface area contributed by atoms with Crippen molar-refractivity contribution in [3.8, 4) is 17.0 Å². The van der Waals surface area contributed by atoms with Crippen LogP contribution in [0.1, 0.15) is 37.9 Å². The maximum atomic E-state index is 13.4. The summed E-state index contributed by atoms with van der Waals surface area (Å²) < 4.78 is 5.86. The molecule has 3 aromatic rings. The Morgan fingerprint density at radius 1 is 1.16 bits per heavy atom. The minimum absolute atomic E-state index is 0.0876. The molecule has 1 unspecified atom stereocenters. The number of nitrogens with one attached hydrogen (secondary N) is 1. The Bertz CT molecular complexity index is 1050. The van der Waals surface area contributed by atoms with Gasteiger partial charge in [0.2, 0.25) is 11.8 Å². The van der Waals surface area contributed by atoms with E-state index in [-0.39, 0.29) is 11.4 Å². The molecule has 7 nitrogen and oxygen atoms in total. The zero-order valence-electron chi connectivity index (χ0n) is 18.1. The van der Waals surface area contributed by atoms with Crippen LogP contribution in [0.15, 0.2) is 61.3 Å². The fraction of sp³-hybridized carbons (Fsp3) is 0.333. The number of carbonyl (C=O) groups is 1. The highest BCUT2D eigenvalue weighted by atomic mass is 16.5. The molecular weight excluding hydrogens is 390 g/mol. The van der Waals surface area contributed by atoms with Gasteiger partial charge in [0, 0.05) is 37.2 Å². The number of ether oxygens (including phenoxy) is 1. The van der Waals surface area contributed by atoms with Gasteiger partial charge in [0.1, 0.15) is 19.0 Å². The maximum Gasteiger partial charge on any atom is 0.242 e. The second-order valence-electron chi connectivity index (χ2n) is 8.64. The molecule has 1 aliphatic heterocycles. The molecule has 1 aliphatic rings. The summed E-state index contributed by atoms with van der Waals surface area (Å²) in [5, 5.41) is 3.12. The van der Waals surface area contributed by atoms with E-state index in [4.69, 9.17) is 4.74 Å². The van der Waals surface area contributed by atoms with Gasteiger partial charge in [0.25, 0.3) is 0 Å². The number of hydrogen-bond acceptors (Lipinski definition) is 6. The molecule has 0 fully saturated rings. The van der Waals surface area contributed by atoms with Crippen molar-refractivity contribution >= 4 is 5.91 Å². The largest absolute Gasteiger partial charge is 0.476 e. The van der Waals surface area contributed by atoms with E-state index in [1.807, 2.05) is 45.0 Å². The van der Waals surface area contributed by atoms with E-state index in [2.05, 4.69) is 37.3 Å². The number of fused-ring (bicyclic) bond motifs is 1. The molecule has 1 amide bonds. The van der Waals surface area contributed by atoms with Gasteiger partial charge in [-0.2, -0.15) is 0 Å². The third kappa shape index (κ3) is 4.88. The Hall–Kier alpha value is -3.32. The molecule has 3 heterocycles. The molecule has 4 rings (SSSR count). The van der Waals surface area contributed by atoms with Gasteiger partial charge in [-0.1, -0.05) is 24.3 Å². The summed E-state index contributed by atoms with van der Waals surface area (Å²) in [4.78, 5) is 28.1. The number of carbonyl (C=O) groups excluding carboxylic acids is 1. The van der Waals surface area contributed by atoms with E-state index in [0.717, 1.165) is 16.7 Å². The van der Waals surface area contributed by atoms with Gasteiger partial charge in [-0.3, -0.25) is 14.7 Å². The summed E-state index contributed by atoms with van der Waals surface area (Å²) >= 11 is 0. The van der Waals surface area contributed by atoms with Gasteiger partial charge in [-0.25, -0.2) is 9.97 Å². The Labute approximate surface area is 182 Å². The molecule has 0 aliphatic carbocycles. The number of nitrogens with zero attached hydrogens (tertiary/aromatic N) is 4. The SMILES string of the molecule is CC(C)(C)NC(=O)C1c2cncnc2OCCN1Cc1ccccc1-c1ccncc1. The normalized spacial score (nSPS) is 16.7. The van der Waals surface area contributed by atoms with E-state index in [1.165, 1.54) is 6.33 Å². The summed E-state index contributed by atoms with van der Waals surface area (Å²) in [6.45, 7) is 7.54. The average Bonchev–Trinajstić information content (AvgIpc) is 2.92. The Morgan fingerprint density at radius 2 is 1.94 bits per heavy atom. The molecule has 1 aromatic carbocycles. The quantitative estimate of drug-likeness (QED) is 0.701. The number of hydrogen-bond donors (Lipinski definition) is 1. The van der Waals surface area contributed by atoms with Crippen molar-refractivity contribution in [2.45, 2.75) is 38.9 Å². The van der Waals surface area contributed by atoms with Crippen molar-refractivity contribution in [2.24, 2.45) is 0 Å². The van der Waals surface area contributed by atoms with E-state index < -0.39 is 6.04 Å². The molecular formula is C24H27N5O2. The minimum Gasteiger partial charge on any atom is -0.476 e. The average molecular weight is 418 g/mol. The summed E-state index contributed by atoms with van der Waals surface area (Å²) in [6.07, 6.45) is 6.71. The molecule has 0 radical (unpaired) electrons. The zero-order valence-corrected chi connectivity index (χ0v) is 18.1. The zero-order chi connectivity index (χ0) is 21.8. The highest BCUT2D eigenvalue weighted by Gasteiger charge is 2.35. The lowest BCUT2D eigenvalue weighted by Crippen LogP contribution is -2.47. The second kappa shape index (κ2) is 8.81. The van der Waals surface area contributed by atoms with Gasteiger partial charge >= 0.3 is 0 Å². The predicted octanol–water partition coefficient (Wildman–Crippen LogP) is 3.39. The van der Waals surface area contributed by atoms with E-state index in [1.54, 1.807) is 18.6 Å². The first-order valence-corrected chi connectivity index (χ1v) is 10.4. The number of pyridine rings is 1. The van der Waals surface area contributed by atoms with Crippen LogP contribution < -0.4 is 10.1 Å². The number of amides is 1. The lowest BCUT2D eigenvalue weighted by molar-refractivity contribution is -0.128. The summed E-state index contributed by atoms with van der Waals surface area (Å²) in [5.74, 6) is 0.379. The van der Waals surface area contributed by atoms with E-state index >= 15 is 0 Å².